The Balaban J connectivity index is 1.70. The molecule has 2 N–H and O–H groups in total. The summed E-state index contributed by atoms with van der Waals surface area (Å²) >= 11 is 0. The number of carbonyl (C=O) groups excluding carboxylic acids is 1. The molecule has 2 aromatic rings. The predicted molar refractivity (Wildman–Crippen MR) is 75.0 cm³/mol. The van der Waals surface area contributed by atoms with E-state index in [4.69, 9.17) is 0 Å². The molecule has 0 aliphatic carbocycles. The summed E-state index contributed by atoms with van der Waals surface area (Å²) in [7, 11) is 0. The molecule has 102 valence electrons. The summed E-state index contributed by atoms with van der Waals surface area (Å²) in [6.45, 7) is 0.568. The lowest BCUT2D eigenvalue weighted by Gasteiger charge is -2.25. The van der Waals surface area contributed by atoms with Gasteiger partial charge in [0.1, 0.15) is 5.82 Å². The van der Waals surface area contributed by atoms with Gasteiger partial charge in [-0.25, -0.2) is 4.98 Å². The molecule has 0 spiro atoms. The largest absolute Gasteiger partial charge is 0.384 e. The van der Waals surface area contributed by atoms with Gasteiger partial charge in [-0.05, 0) is 30.2 Å². The van der Waals surface area contributed by atoms with Gasteiger partial charge in [-0.15, -0.1) is 0 Å². The summed E-state index contributed by atoms with van der Waals surface area (Å²) in [6.07, 6.45) is 0.671. The van der Waals surface area contributed by atoms with Crippen LogP contribution in [0.15, 0.2) is 42.5 Å². The quantitative estimate of drug-likeness (QED) is 0.825. The third-order valence-electron chi connectivity index (χ3n) is 3.36. The molecule has 2 heterocycles. The molecular formula is C15H14FN3O. The lowest BCUT2D eigenvalue weighted by Crippen LogP contribution is -2.34. The number of fused-ring (bicyclic) bond motifs is 1. The fraction of sp³-hybridized carbons (Fsp3) is 0.200. The Morgan fingerprint density at radius 2 is 2.10 bits per heavy atom. The van der Waals surface area contributed by atoms with Crippen molar-refractivity contribution in [3.8, 4) is 0 Å². The number of amides is 1. The van der Waals surface area contributed by atoms with Crippen molar-refractivity contribution in [3.63, 3.8) is 0 Å². The number of carbonyl (C=O) groups is 1. The van der Waals surface area contributed by atoms with Crippen LogP contribution >= 0.6 is 0 Å². The molecular weight excluding hydrogens is 257 g/mol. The number of nitrogens with zero attached hydrogens (tertiary/aromatic N) is 1. The number of rotatable bonds is 2. The van der Waals surface area contributed by atoms with Crippen molar-refractivity contribution < 1.29 is 9.18 Å². The molecule has 1 aromatic heterocycles. The molecule has 1 aliphatic heterocycles. The molecule has 1 amide bonds. The maximum atomic E-state index is 13.0. The maximum Gasteiger partial charge on any atom is 0.230 e. The summed E-state index contributed by atoms with van der Waals surface area (Å²) in [5.41, 5.74) is 2.19. The Morgan fingerprint density at radius 1 is 1.25 bits per heavy atom. The molecule has 1 aliphatic rings. The van der Waals surface area contributed by atoms with E-state index in [0.717, 1.165) is 11.3 Å². The Morgan fingerprint density at radius 3 is 2.95 bits per heavy atom. The van der Waals surface area contributed by atoms with Gasteiger partial charge in [-0.2, -0.15) is 4.39 Å². The van der Waals surface area contributed by atoms with Crippen molar-refractivity contribution in [1.29, 1.82) is 0 Å². The third kappa shape index (κ3) is 2.61. The third-order valence-corrected chi connectivity index (χ3v) is 3.36. The summed E-state index contributed by atoms with van der Waals surface area (Å²) in [6, 6.07) is 12.3. The summed E-state index contributed by atoms with van der Waals surface area (Å²) in [5.74, 6) is -0.691. The number of hydrogen-bond donors (Lipinski definition) is 2. The highest BCUT2D eigenvalue weighted by atomic mass is 19.1. The van der Waals surface area contributed by atoms with Gasteiger partial charge in [-0.1, -0.05) is 24.3 Å². The first-order valence-corrected chi connectivity index (χ1v) is 6.47. The van der Waals surface area contributed by atoms with Gasteiger partial charge in [0, 0.05) is 12.2 Å². The van der Waals surface area contributed by atoms with E-state index in [0.29, 0.717) is 13.0 Å². The molecule has 0 saturated heterocycles. The van der Waals surface area contributed by atoms with Crippen molar-refractivity contribution in [3.05, 3.63) is 54.0 Å². The molecule has 3 rings (SSSR count). The molecule has 1 aromatic carbocycles. The first-order chi connectivity index (χ1) is 9.72. The van der Waals surface area contributed by atoms with Crippen LogP contribution in [0.3, 0.4) is 0 Å². The Labute approximate surface area is 116 Å². The van der Waals surface area contributed by atoms with Gasteiger partial charge < -0.3 is 10.6 Å². The molecule has 0 bridgehead atoms. The molecule has 4 nitrogen and oxygen atoms in total. The van der Waals surface area contributed by atoms with Crippen LogP contribution in [0.2, 0.25) is 0 Å². The van der Waals surface area contributed by atoms with E-state index in [9.17, 15) is 9.18 Å². The predicted octanol–water partition coefficient (Wildman–Crippen LogP) is 2.44. The lowest BCUT2D eigenvalue weighted by atomic mass is 9.93. The van der Waals surface area contributed by atoms with E-state index in [-0.39, 0.29) is 17.6 Å². The number of hydrogen-bond acceptors (Lipinski definition) is 3. The lowest BCUT2D eigenvalue weighted by molar-refractivity contribution is -0.119. The van der Waals surface area contributed by atoms with E-state index >= 15 is 0 Å². The molecule has 0 fully saturated rings. The Hall–Kier alpha value is -2.43. The second-order valence-electron chi connectivity index (χ2n) is 4.77. The van der Waals surface area contributed by atoms with Crippen molar-refractivity contribution >= 4 is 17.4 Å². The summed E-state index contributed by atoms with van der Waals surface area (Å²) in [4.78, 5) is 15.8. The van der Waals surface area contributed by atoms with Crippen LogP contribution < -0.4 is 10.6 Å². The number of halogens is 1. The van der Waals surface area contributed by atoms with Crippen LogP contribution in [-0.2, 0) is 11.2 Å². The second kappa shape index (κ2) is 5.28. The number of aromatic nitrogens is 1. The summed E-state index contributed by atoms with van der Waals surface area (Å²) < 4.78 is 13.0. The van der Waals surface area contributed by atoms with Crippen molar-refractivity contribution in [2.45, 2.75) is 6.42 Å². The molecule has 0 radical (unpaired) electrons. The number of pyridine rings is 1. The summed E-state index contributed by atoms with van der Waals surface area (Å²) in [5, 5.41) is 5.89. The minimum atomic E-state index is -0.602. The minimum Gasteiger partial charge on any atom is -0.384 e. The molecule has 1 unspecified atom stereocenters. The van der Waals surface area contributed by atoms with Crippen molar-refractivity contribution in [2.24, 2.45) is 5.92 Å². The highest BCUT2D eigenvalue weighted by molar-refractivity contribution is 5.92. The minimum absolute atomic E-state index is 0.148. The number of para-hydroxylation sites is 1. The van der Waals surface area contributed by atoms with Crippen molar-refractivity contribution in [2.75, 3.05) is 17.2 Å². The van der Waals surface area contributed by atoms with Gasteiger partial charge in [0.05, 0.1) is 5.92 Å². The van der Waals surface area contributed by atoms with Crippen LogP contribution in [0.5, 0.6) is 0 Å². The van der Waals surface area contributed by atoms with Crippen molar-refractivity contribution in [1.82, 2.24) is 4.98 Å². The fourth-order valence-corrected chi connectivity index (χ4v) is 2.33. The van der Waals surface area contributed by atoms with E-state index in [1.54, 1.807) is 6.07 Å². The first-order valence-electron chi connectivity index (χ1n) is 6.47. The van der Waals surface area contributed by atoms with E-state index in [1.165, 1.54) is 12.1 Å². The number of benzene rings is 1. The average molecular weight is 271 g/mol. The van der Waals surface area contributed by atoms with E-state index in [2.05, 4.69) is 15.6 Å². The molecule has 1 atom stereocenters. The zero-order valence-electron chi connectivity index (χ0n) is 10.8. The molecule has 20 heavy (non-hydrogen) atoms. The zero-order valence-corrected chi connectivity index (χ0v) is 10.8. The van der Waals surface area contributed by atoms with Crippen LogP contribution in [-0.4, -0.2) is 17.4 Å². The smallest absolute Gasteiger partial charge is 0.230 e. The van der Waals surface area contributed by atoms with Gasteiger partial charge in [-0.3, -0.25) is 4.79 Å². The normalized spacial score (nSPS) is 16.9. The van der Waals surface area contributed by atoms with Crippen LogP contribution in [0.4, 0.5) is 15.9 Å². The Bertz CT molecular complexity index is 645. The first kappa shape index (κ1) is 12.6. The molecule has 0 saturated carbocycles. The molecule has 5 heteroatoms. The van der Waals surface area contributed by atoms with E-state index < -0.39 is 5.95 Å². The van der Waals surface area contributed by atoms with Gasteiger partial charge >= 0.3 is 0 Å². The number of anilines is 2. The fourth-order valence-electron chi connectivity index (χ4n) is 2.33. The highest BCUT2D eigenvalue weighted by Crippen LogP contribution is 2.24. The van der Waals surface area contributed by atoms with Gasteiger partial charge in [0.2, 0.25) is 11.9 Å². The van der Waals surface area contributed by atoms with Crippen LogP contribution in [0.1, 0.15) is 5.56 Å². The second-order valence-corrected chi connectivity index (χ2v) is 4.77. The van der Waals surface area contributed by atoms with Gasteiger partial charge in [0.15, 0.2) is 0 Å². The SMILES string of the molecule is O=C(Nc1cccc(F)n1)C1CNc2ccccc2C1. The Kier molecular flexibility index (Phi) is 3.33. The topological polar surface area (TPSA) is 54.0 Å². The van der Waals surface area contributed by atoms with Gasteiger partial charge in [0.25, 0.3) is 0 Å². The van der Waals surface area contributed by atoms with Crippen LogP contribution in [0, 0.1) is 11.9 Å². The zero-order chi connectivity index (χ0) is 13.9. The standard InChI is InChI=1S/C15H14FN3O/c16-13-6-3-7-14(18-13)19-15(20)11-8-10-4-1-2-5-12(10)17-9-11/h1-7,11,17H,8-9H2,(H,18,19,20). The van der Waals surface area contributed by atoms with Crippen LogP contribution in [0.25, 0.3) is 0 Å². The average Bonchev–Trinajstić information content (AvgIpc) is 2.47. The number of nitrogens with one attached hydrogen (secondary N) is 2. The maximum absolute atomic E-state index is 13.0. The van der Waals surface area contributed by atoms with E-state index in [1.807, 2.05) is 24.3 Å². The highest BCUT2D eigenvalue weighted by Gasteiger charge is 2.24. The monoisotopic (exact) mass is 271 g/mol.